The van der Waals surface area contributed by atoms with E-state index >= 15 is 0 Å². The number of aromatic nitrogens is 4. The predicted molar refractivity (Wildman–Crippen MR) is 121 cm³/mol. The lowest BCUT2D eigenvalue weighted by molar-refractivity contribution is 0.174. The van der Waals surface area contributed by atoms with Crippen LogP contribution in [0.5, 0.6) is 11.5 Å². The molecule has 7 heteroatoms. The molecule has 7 nitrogen and oxygen atoms in total. The van der Waals surface area contributed by atoms with E-state index in [0.29, 0.717) is 29.7 Å². The molecule has 2 aromatic heterocycles. The SMILES string of the molecule is CCCCCCC(CC)n1nc(CC)c2c(=O)[nH]c(Cc3ccc4c(c3)OCO4)nc21. The normalized spacial score (nSPS) is 13.8. The summed E-state index contributed by atoms with van der Waals surface area (Å²) < 4.78 is 12.9. The minimum atomic E-state index is -0.107. The Kier molecular flexibility index (Phi) is 6.59. The quantitative estimate of drug-likeness (QED) is 0.467. The summed E-state index contributed by atoms with van der Waals surface area (Å²) in [5.41, 5.74) is 2.44. The summed E-state index contributed by atoms with van der Waals surface area (Å²) in [5.74, 6) is 2.12. The van der Waals surface area contributed by atoms with Crippen molar-refractivity contribution in [1.82, 2.24) is 19.7 Å². The highest BCUT2D eigenvalue weighted by molar-refractivity contribution is 5.77. The van der Waals surface area contributed by atoms with Gasteiger partial charge in [0.1, 0.15) is 11.2 Å². The van der Waals surface area contributed by atoms with Gasteiger partial charge in [0.25, 0.3) is 5.56 Å². The van der Waals surface area contributed by atoms with Crippen LogP contribution in [0.2, 0.25) is 0 Å². The third kappa shape index (κ3) is 4.45. The van der Waals surface area contributed by atoms with Crippen molar-refractivity contribution in [1.29, 1.82) is 0 Å². The van der Waals surface area contributed by atoms with Gasteiger partial charge in [-0.3, -0.25) is 4.79 Å². The summed E-state index contributed by atoms with van der Waals surface area (Å²) in [4.78, 5) is 20.8. The first kappa shape index (κ1) is 21.4. The number of hydrogen-bond acceptors (Lipinski definition) is 5. The summed E-state index contributed by atoms with van der Waals surface area (Å²) in [7, 11) is 0. The molecule has 1 aromatic carbocycles. The number of nitrogens with one attached hydrogen (secondary N) is 1. The maximum atomic E-state index is 13.0. The largest absolute Gasteiger partial charge is 0.454 e. The Labute approximate surface area is 182 Å². The molecule has 1 unspecified atom stereocenters. The second kappa shape index (κ2) is 9.54. The third-order valence-electron chi connectivity index (χ3n) is 6.03. The van der Waals surface area contributed by atoms with Gasteiger partial charge in [0.15, 0.2) is 17.1 Å². The zero-order chi connectivity index (χ0) is 21.8. The molecule has 0 fully saturated rings. The molecule has 3 aromatic rings. The van der Waals surface area contributed by atoms with E-state index < -0.39 is 0 Å². The lowest BCUT2D eigenvalue weighted by Crippen LogP contribution is -2.15. The zero-order valence-corrected chi connectivity index (χ0v) is 18.7. The molecule has 1 atom stereocenters. The average molecular weight is 425 g/mol. The van der Waals surface area contributed by atoms with Gasteiger partial charge in [-0.15, -0.1) is 0 Å². The van der Waals surface area contributed by atoms with E-state index in [1.54, 1.807) is 0 Å². The van der Waals surface area contributed by atoms with Gasteiger partial charge >= 0.3 is 0 Å². The second-order valence-electron chi connectivity index (χ2n) is 8.23. The van der Waals surface area contributed by atoms with Crippen LogP contribution in [0.4, 0.5) is 0 Å². The molecule has 0 radical (unpaired) electrons. The Hall–Kier alpha value is -2.83. The summed E-state index contributed by atoms with van der Waals surface area (Å²) >= 11 is 0. The van der Waals surface area contributed by atoms with Gasteiger partial charge in [-0.2, -0.15) is 5.10 Å². The fourth-order valence-electron chi connectivity index (χ4n) is 4.30. The Morgan fingerprint density at radius 2 is 1.97 bits per heavy atom. The molecule has 3 heterocycles. The molecule has 31 heavy (non-hydrogen) atoms. The molecule has 1 N–H and O–H groups in total. The standard InChI is InChI=1S/C24H32N4O3/c1-4-7-8-9-10-17(5-2)28-23-22(18(6-3)27-28)24(29)26-21(25-23)14-16-11-12-19-20(13-16)31-15-30-19/h11-13,17H,4-10,14-15H2,1-3H3,(H,25,26,29). The zero-order valence-electron chi connectivity index (χ0n) is 18.7. The minimum absolute atomic E-state index is 0.107. The minimum Gasteiger partial charge on any atom is -0.454 e. The number of benzene rings is 1. The van der Waals surface area contributed by atoms with Gasteiger partial charge in [0, 0.05) is 6.42 Å². The third-order valence-corrected chi connectivity index (χ3v) is 6.03. The van der Waals surface area contributed by atoms with E-state index in [2.05, 4.69) is 18.8 Å². The molecular weight excluding hydrogens is 392 g/mol. The summed E-state index contributed by atoms with van der Waals surface area (Å²) in [6.07, 6.45) is 8.14. The fourth-order valence-corrected chi connectivity index (χ4v) is 4.30. The molecule has 0 saturated carbocycles. The number of ether oxygens (including phenoxy) is 2. The fraction of sp³-hybridized carbons (Fsp3) is 0.542. The van der Waals surface area contributed by atoms with Crippen molar-refractivity contribution >= 4 is 11.0 Å². The maximum Gasteiger partial charge on any atom is 0.262 e. The van der Waals surface area contributed by atoms with E-state index in [4.69, 9.17) is 19.6 Å². The summed E-state index contributed by atoms with van der Waals surface area (Å²) in [5, 5.41) is 5.46. The van der Waals surface area contributed by atoms with Crippen molar-refractivity contribution < 1.29 is 9.47 Å². The first-order chi connectivity index (χ1) is 15.1. The van der Waals surface area contributed by atoms with Gasteiger partial charge in [0.05, 0.1) is 11.7 Å². The van der Waals surface area contributed by atoms with Gasteiger partial charge in [-0.25, -0.2) is 9.67 Å². The lowest BCUT2D eigenvalue weighted by atomic mass is 10.1. The van der Waals surface area contributed by atoms with Crippen molar-refractivity contribution in [2.45, 2.75) is 78.2 Å². The van der Waals surface area contributed by atoms with Crippen LogP contribution in [0, 0.1) is 0 Å². The molecule has 4 rings (SSSR count). The van der Waals surface area contributed by atoms with E-state index in [1.807, 2.05) is 29.8 Å². The van der Waals surface area contributed by atoms with E-state index in [1.165, 1.54) is 25.7 Å². The van der Waals surface area contributed by atoms with Crippen molar-refractivity contribution in [3.63, 3.8) is 0 Å². The number of nitrogens with zero attached hydrogens (tertiary/aromatic N) is 3. The highest BCUT2D eigenvalue weighted by Crippen LogP contribution is 2.33. The molecule has 1 aliphatic heterocycles. The lowest BCUT2D eigenvalue weighted by Gasteiger charge is -2.16. The van der Waals surface area contributed by atoms with Crippen LogP contribution in [-0.2, 0) is 12.8 Å². The predicted octanol–water partition coefficient (Wildman–Crippen LogP) is 4.92. The summed E-state index contributed by atoms with van der Waals surface area (Å²) in [6.45, 7) is 6.69. The molecule has 0 spiro atoms. The first-order valence-electron chi connectivity index (χ1n) is 11.5. The van der Waals surface area contributed by atoms with E-state index in [-0.39, 0.29) is 18.4 Å². The van der Waals surface area contributed by atoms with Crippen LogP contribution in [0.3, 0.4) is 0 Å². The number of rotatable bonds is 10. The van der Waals surface area contributed by atoms with Gasteiger partial charge in [0.2, 0.25) is 6.79 Å². The highest BCUT2D eigenvalue weighted by Gasteiger charge is 2.21. The molecule has 0 saturated heterocycles. The monoisotopic (exact) mass is 424 g/mol. The topological polar surface area (TPSA) is 82.0 Å². The van der Waals surface area contributed by atoms with Crippen LogP contribution >= 0.6 is 0 Å². The van der Waals surface area contributed by atoms with Crippen LogP contribution in [-0.4, -0.2) is 26.5 Å². The molecule has 0 aliphatic carbocycles. The number of H-pyrrole nitrogens is 1. The van der Waals surface area contributed by atoms with Crippen LogP contribution in [0.25, 0.3) is 11.0 Å². The molecular formula is C24H32N4O3. The van der Waals surface area contributed by atoms with Gasteiger partial charge < -0.3 is 14.5 Å². The van der Waals surface area contributed by atoms with Crippen LogP contribution in [0.15, 0.2) is 23.0 Å². The molecule has 0 bridgehead atoms. The van der Waals surface area contributed by atoms with Gasteiger partial charge in [-0.1, -0.05) is 52.5 Å². The maximum absolute atomic E-state index is 13.0. The van der Waals surface area contributed by atoms with E-state index in [0.717, 1.165) is 35.6 Å². The Bertz CT molecular complexity index is 1100. The number of aromatic amines is 1. The van der Waals surface area contributed by atoms with Crippen LogP contribution < -0.4 is 15.0 Å². The van der Waals surface area contributed by atoms with Crippen molar-refractivity contribution in [2.75, 3.05) is 6.79 Å². The van der Waals surface area contributed by atoms with Gasteiger partial charge in [-0.05, 0) is 37.0 Å². The number of hydrogen-bond donors (Lipinski definition) is 1. The number of fused-ring (bicyclic) bond motifs is 2. The number of aryl methyl sites for hydroxylation is 1. The van der Waals surface area contributed by atoms with Crippen molar-refractivity contribution in [3.05, 3.63) is 45.6 Å². The Morgan fingerprint density at radius 1 is 1.13 bits per heavy atom. The Balaban J connectivity index is 1.67. The first-order valence-corrected chi connectivity index (χ1v) is 11.5. The van der Waals surface area contributed by atoms with Crippen LogP contribution in [0.1, 0.15) is 82.4 Å². The summed E-state index contributed by atoms with van der Waals surface area (Å²) in [6, 6.07) is 6.09. The Morgan fingerprint density at radius 3 is 2.74 bits per heavy atom. The van der Waals surface area contributed by atoms with Crippen molar-refractivity contribution in [2.24, 2.45) is 0 Å². The average Bonchev–Trinajstić information content (AvgIpc) is 3.38. The highest BCUT2D eigenvalue weighted by atomic mass is 16.7. The molecule has 1 aliphatic rings. The number of unbranched alkanes of at least 4 members (excludes halogenated alkanes) is 3. The van der Waals surface area contributed by atoms with E-state index in [9.17, 15) is 4.79 Å². The second-order valence-corrected chi connectivity index (χ2v) is 8.23. The molecule has 166 valence electrons. The molecule has 0 amide bonds. The smallest absolute Gasteiger partial charge is 0.262 e. The van der Waals surface area contributed by atoms with Crippen molar-refractivity contribution in [3.8, 4) is 11.5 Å².